The van der Waals surface area contributed by atoms with E-state index >= 15 is 0 Å². The zero-order valence-electron chi connectivity index (χ0n) is 36.5. The van der Waals surface area contributed by atoms with Gasteiger partial charge in [-0.3, -0.25) is 18.6 Å². The van der Waals surface area contributed by atoms with Gasteiger partial charge in [-0.25, -0.2) is 4.57 Å². The quantitative estimate of drug-likeness (QED) is 0.0202. The van der Waals surface area contributed by atoms with Crippen LogP contribution >= 0.6 is 7.82 Å². The molecule has 12 heteroatoms. The maximum Gasteiger partial charge on any atom is 0.472 e. The van der Waals surface area contributed by atoms with Crippen LogP contribution in [0.1, 0.15) is 104 Å². The van der Waals surface area contributed by atoms with Crippen molar-refractivity contribution in [2.75, 3.05) is 26.4 Å². The van der Waals surface area contributed by atoms with E-state index in [9.17, 15) is 29.3 Å². The fourth-order valence-corrected chi connectivity index (χ4v) is 5.51. The lowest BCUT2D eigenvalue weighted by atomic mass is 10.2. The second-order valence-electron chi connectivity index (χ2n) is 13.5. The molecule has 5 N–H and O–H groups in total. The summed E-state index contributed by atoms with van der Waals surface area (Å²) in [5.41, 5.74) is 5.33. The Bertz CT molecular complexity index is 1530. The van der Waals surface area contributed by atoms with Gasteiger partial charge in [-0.2, -0.15) is 0 Å². The summed E-state index contributed by atoms with van der Waals surface area (Å²) in [6.07, 6.45) is 54.0. The maximum absolute atomic E-state index is 12.6. The minimum Gasteiger partial charge on any atom is -0.462 e. The lowest BCUT2D eigenvalue weighted by Gasteiger charge is -2.19. The molecule has 11 nitrogen and oxygen atoms in total. The number of ether oxygens (including phenoxy) is 2. The predicted molar refractivity (Wildman–Crippen MR) is 249 cm³/mol. The minimum absolute atomic E-state index is 0.00652. The largest absolute Gasteiger partial charge is 0.472 e. The molecule has 1 unspecified atom stereocenters. The van der Waals surface area contributed by atoms with Crippen molar-refractivity contribution in [3.05, 3.63) is 146 Å². The van der Waals surface area contributed by atoms with Crippen LogP contribution in [0.25, 0.3) is 0 Å². The maximum atomic E-state index is 12.6. The summed E-state index contributed by atoms with van der Waals surface area (Å²) in [5, 5.41) is 19.9. The first-order valence-corrected chi connectivity index (χ1v) is 23.0. The van der Waals surface area contributed by atoms with E-state index in [0.717, 1.165) is 44.9 Å². The van der Waals surface area contributed by atoms with Crippen LogP contribution in [0.5, 0.6) is 0 Å². The molecule has 0 saturated heterocycles. The van der Waals surface area contributed by atoms with Crippen molar-refractivity contribution in [2.24, 2.45) is 5.73 Å². The van der Waals surface area contributed by atoms with E-state index in [1.165, 1.54) is 0 Å². The number of nitrogens with two attached hydrogens (primary N) is 1. The number of esters is 2. The summed E-state index contributed by atoms with van der Waals surface area (Å²) in [4.78, 5) is 34.8. The third-order valence-electron chi connectivity index (χ3n) is 7.91. The number of phosphoric acid groups is 1. The number of hydrogen-bond acceptors (Lipinski definition) is 10. The Hall–Kier alpha value is -4.19. The Morgan fingerprint density at radius 3 is 1.44 bits per heavy atom. The first-order valence-electron chi connectivity index (χ1n) is 21.5. The lowest BCUT2D eigenvalue weighted by Crippen LogP contribution is -2.29. The standard InChI is InChI=1S/C49H74NO10P/c1-3-5-7-8-9-10-11-12-13-14-15-16-17-18-19-20-21-26-34-40-49(54)60-47(44-59-61(55,56)58-42-41-50)43-57-48(53)39-33-25-23-22-24-30-36-46(52)38-32-28-27-31-37-45(51)35-29-6-4-2/h5-7,9-10,12-13,15-16,18-19,21,23-32,37-38,45-47,51-52H,3-4,8,11,14,17,20,22,33-36,39-44,50H2,1-2H3,(H,55,56)/b7-5-,10-9-,13-12-,16-15-,19-18-,25-23-,26-21-,28-27-,29-6-,30-24-,37-31+,38-32+/t45-,46+,47-/m1/s1. The number of allylic oxidation sites excluding steroid dienone is 20. The van der Waals surface area contributed by atoms with E-state index in [0.29, 0.717) is 32.1 Å². The van der Waals surface area contributed by atoms with Crippen molar-refractivity contribution >= 4 is 19.8 Å². The fourth-order valence-electron chi connectivity index (χ4n) is 4.74. The molecule has 0 spiro atoms. The van der Waals surface area contributed by atoms with E-state index in [1.54, 1.807) is 36.5 Å². The molecule has 0 aromatic carbocycles. The zero-order chi connectivity index (χ0) is 44.9. The highest BCUT2D eigenvalue weighted by atomic mass is 31.2. The molecule has 0 amide bonds. The monoisotopic (exact) mass is 868 g/mol. The number of carbonyl (C=O) groups is 2. The van der Waals surface area contributed by atoms with Gasteiger partial charge in [0.15, 0.2) is 6.10 Å². The SMILES string of the molecule is CC/C=C\C/C=C\C/C=C\C/C=C\C/C=C\C/C=C\CCC(=O)O[C@H](COC(=O)CC/C=C\C/C=C\C[C@H](O)/C=C/C=C\C=C\[C@H](O)C/C=C\CC)COP(=O)(O)OCCN. The van der Waals surface area contributed by atoms with Crippen molar-refractivity contribution in [1.29, 1.82) is 0 Å². The molecule has 0 aliphatic heterocycles. The van der Waals surface area contributed by atoms with E-state index in [2.05, 4.69) is 67.7 Å². The first-order chi connectivity index (χ1) is 29.6. The third-order valence-corrected chi connectivity index (χ3v) is 8.90. The van der Waals surface area contributed by atoms with Crippen LogP contribution in [-0.2, 0) is 32.7 Å². The summed E-state index contributed by atoms with van der Waals surface area (Å²) >= 11 is 0. The van der Waals surface area contributed by atoms with Crippen LogP contribution in [0.4, 0.5) is 0 Å². The van der Waals surface area contributed by atoms with Gasteiger partial charge < -0.3 is 30.3 Å². The van der Waals surface area contributed by atoms with Crippen molar-refractivity contribution in [3.63, 3.8) is 0 Å². The Morgan fingerprint density at radius 1 is 0.557 bits per heavy atom. The molecule has 340 valence electrons. The van der Waals surface area contributed by atoms with Crippen LogP contribution in [0.15, 0.2) is 146 Å². The van der Waals surface area contributed by atoms with Crippen molar-refractivity contribution < 1.29 is 47.8 Å². The topological polar surface area (TPSA) is 175 Å². The van der Waals surface area contributed by atoms with Gasteiger partial charge in [-0.1, -0.05) is 160 Å². The number of aliphatic hydroxyl groups excluding tert-OH is 2. The second kappa shape index (κ2) is 42.5. The average molecular weight is 868 g/mol. The normalized spacial score (nSPS) is 15.7. The Kier molecular flexibility index (Phi) is 39.6. The van der Waals surface area contributed by atoms with Crippen LogP contribution in [0.2, 0.25) is 0 Å². The molecule has 4 atom stereocenters. The highest BCUT2D eigenvalue weighted by Gasteiger charge is 2.25. The van der Waals surface area contributed by atoms with Crippen LogP contribution < -0.4 is 5.73 Å². The van der Waals surface area contributed by atoms with Gasteiger partial charge in [0.25, 0.3) is 0 Å². The van der Waals surface area contributed by atoms with Gasteiger partial charge >= 0.3 is 19.8 Å². The smallest absolute Gasteiger partial charge is 0.462 e. The van der Waals surface area contributed by atoms with Crippen molar-refractivity contribution in [3.8, 4) is 0 Å². The number of carbonyl (C=O) groups excluding carboxylic acids is 2. The molecule has 0 radical (unpaired) electrons. The van der Waals surface area contributed by atoms with Crippen molar-refractivity contribution in [1.82, 2.24) is 0 Å². The molecule has 0 aliphatic carbocycles. The first kappa shape index (κ1) is 56.8. The van der Waals surface area contributed by atoms with E-state index in [4.69, 9.17) is 24.3 Å². The Labute approximate surface area is 366 Å². The molecule has 0 rings (SSSR count). The van der Waals surface area contributed by atoms with Gasteiger partial charge in [0, 0.05) is 19.4 Å². The summed E-state index contributed by atoms with van der Waals surface area (Å²) in [7, 11) is -4.45. The second-order valence-corrected chi connectivity index (χ2v) is 14.9. The van der Waals surface area contributed by atoms with Crippen LogP contribution in [0, 0.1) is 0 Å². The van der Waals surface area contributed by atoms with Gasteiger partial charge in [-0.15, -0.1) is 0 Å². The van der Waals surface area contributed by atoms with Crippen molar-refractivity contribution in [2.45, 2.75) is 122 Å². The molecular formula is C49H74NO10P. The fraction of sp³-hybridized carbons (Fsp3) is 0.469. The molecule has 0 saturated carbocycles. The van der Waals surface area contributed by atoms with Crippen LogP contribution in [0.3, 0.4) is 0 Å². The Balaban J connectivity index is 4.55. The minimum atomic E-state index is -4.45. The van der Waals surface area contributed by atoms with Crippen LogP contribution in [-0.4, -0.2) is 71.7 Å². The summed E-state index contributed by atoms with van der Waals surface area (Å²) in [6.45, 7) is 3.09. The molecule has 0 aliphatic rings. The van der Waals surface area contributed by atoms with E-state index < -0.39 is 44.7 Å². The highest BCUT2D eigenvalue weighted by Crippen LogP contribution is 2.43. The number of rotatable bonds is 37. The lowest BCUT2D eigenvalue weighted by molar-refractivity contribution is -0.161. The van der Waals surface area contributed by atoms with Gasteiger partial charge in [0.2, 0.25) is 0 Å². The summed E-state index contributed by atoms with van der Waals surface area (Å²) in [6, 6.07) is 0. The van der Waals surface area contributed by atoms with Gasteiger partial charge in [0.1, 0.15) is 6.61 Å². The molecule has 61 heavy (non-hydrogen) atoms. The van der Waals surface area contributed by atoms with Gasteiger partial charge in [0.05, 0.1) is 25.4 Å². The number of hydrogen-bond donors (Lipinski definition) is 4. The zero-order valence-corrected chi connectivity index (χ0v) is 37.4. The van der Waals surface area contributed by atoms with E-state index in [-0.39, 0.29) is 32.6 Å². The average Bonchev–Trinajstić information content (AvgIpc) is 3.24. The number of phosphoric ester groups is 1. The van der Waals surface area contributed by atoms with E-state index in [1.807, 2.05) is 55.5 Å². The molecule has 0 aromatic rings. The summed E-state index contributed by atoms with van der Waals surface area (Å²) in [5.74, 6) is -1.11. The molecule has 0 fully saturated rings. The molecule has 0 heterocycles. The Morgan fingerprint density at radius 2 is 0.967 bits per heavy atom. The molecular weight excluding hydrogens is 794 g/mol. The third kappa shape index (κ3) is 42.3. The number of aliphatic hydroxyl groups is 2. The highest BCUT2D eigenvalue weighted by molar-refractivity contribution is 7.47. The molecule has 0 bridgehead atoms. The summed E-state index contributed by atoms with van der Waals surface area (Å²) < 4.78 is 32.5. The van der Waals surface area contributed by atoms with Gasteiger partial charge in [-0.05, 0) is 77.0 Å². The predicted octanol–water partition coefficient (Wildman–Crippen LogP) is 10.4. The molecule has 0 aromatic heterocycles.